The van der Waals surface area contributed by atoms with Crippen molar-refractivity contribution in [2.45, 2.75) is 63.8 Å². The molecule has 1 heterocycles. The molecule has 0 atom stereocenters. The summed E-state index contributed by atoms with van der Waals surface area (Å²) in [6.07, 6.45) is 3.06. The van der Waals surface area contributed by atoms with E-state index in [4.69, 9.17) is 19.2 Å². The lowest BCUT2D eigenvalue weighted by molar-refractivity contribution is -0.136. The van der Waals surface area contributed by atoms with E-state index in [0.717, 1.165) is 91.0 Å². The molecule has 0 spiro atoms. The summed E-state index contributed by atoms with van der Waals surface area (Å²) in [5, 5.41) is 0.889. The third kappa shape index (κ3) is 11.5. The van der Waals surface area contributed by atoms with Gasteiger partial charge in [0.1, 0.15) is 29.3 Å². The van der Waals surface area contributed by atoms with Crippen LogP contribution in [-0.2, 0) is 41.6 Å². The number of carbonyl (C=O) groups excluding carboxylic acids is 1. The number of hydrogen-bond acceptors (Lipinski definition) is 7. The zero-order valence-electron chi connectivity index (χ0n) is 38.7. The predicted octanol–water partition coefficient (Wildman–Crippen LogP) is 14.4. The molecule has 7 aromatic carbocycles. The summed E-state index contributed by atoms with van der Waals surface area (Å²) in [5.74, 6) is 3.13. The lowest BCUT2D eigenvalue weighted by Crippen LogP contribution is -2.47. The van der Waals surface area contributed by atoms with Gasteiger partial charge in [0.05, 0.1) is 25.6 Å². The number of methoxy groups -OCH3 is 2. The molecule has 1 amide bonds. The highest BCUT2D eigenvalue weighted by Gasteiger charge is 2.50. The topological polar surface area (TPSA) is 76.7 Å². The Balaban J connectivity index is 0.00000231. The van der Waals surface area contributed by atoms with Crippen LogP contribution in [0.2, 0.25) is 0 Å². The van der Waals surface area contributed by atoms with Crippen LogP contribution < -0.4 is 14.2 Å². The first-order valence-corrected chi connectivity index (χ1v) is 25.6. The molecule has 1 aliphatic carbocycles. The maximum atomic E-state index is 16.1. The minimum Gasteiger partial charge on any atom is -0.497 e. The Morgan fingerprint density at radius 3 is 1.93 bits per heavy atom. The van der Waals surface area contributed by atoms with Crippen molar-refractivity contribution >= 4 is 37.5 Å². The first kappa shape index (κ1) is 50.4. The van der Waals surface area contributed by atoms with Crippen LogP contribution in [0.25, 0.3) is 33.6 Å². The normalized spacial score (nSPS) is 11.8. The summed E-state index contributed by atoms with van der Waals surface area (Å²) in [4.78, 5) is 26.9. The number of nitrogens with one attached hydrogen (secondary N) is 1. The summed E-state index contributed by atoms with van der Waals surface area (Å²) in [6.45, 7) is 3.40. The summed E-state index contributed by atoms with van der Waals surface area (Å²) >= 11 is 5.62. The van der Waals surface area contributed by atoms with Crippen molar-refractivity contribution in [3.8, 4) is 50.9 Å². The quantitative estimate of drug-likeness (QED) is 0.0491. The molecule has 1 aromatic heterocycles. The molecule has 10 heteroatoms. The predicted molar refractivity (Wildman–Crippen MR) is 290 cm³/mol. The van der Waals surface area contributed by atoms with Crippen molar-refractivity contribution in [3.63, 3.8) is 0 Å². The highest BCUT2D eigenvalue weighted by molar-refractivity contribution is 7.99. The number of rotatable bonds is 19. The minimum atomic E-state index is -0.895. The Kier molecular flexibility index (Phi) is 17.6. The van der Waals surface area contributed by atoms with Crippen molar-refractivity contribution in [3.05, 3.63) is 209 Å². The highest BCUT2D eigenvalue weighted by Crippen LogP contribution is 2.53. The highest BCUT2D eigenvalue weighted by atomic mass is 32.4. The number of hydrogen-bond donors (Lipinski definition) is 1. The Labute approximate surface area is 419 Å². The Bertz CT molecular complexity index is 2810. The number of carbonyl (C=O) groups is 1. The van der Waals surface area contributed by atoms with Gasteiger partial charge in [-0.2, -0.15) is 0 Å². The molecule has 0 saturated carbocycles. The lowest BCUT2D eigenvalue weighted by atomic mass is 9.73. The monoisotopic (exact) mass is 969 g/mol. The van der Waals surface area contributed by atoms with Crippen LogP contribution in [0.4, 0.5) is 0 Å². The number of aromatic amines is 1. The largest absolute Gasteiger partial charge is 0.497 e. The molecule has 1 aliphatic rings. The molecule has 0 unspecified atom stereocenters. The molecule has 352 valence electrons. The van der Waals surface area contributed by atoms with Crippen molar-refractivity contribution in [2.75, 3.05) is 26.5 Å². The average Bonchev–Trinajstić information content (AvgIpc) is 3.96. The number of thioether (sulfide) groups is 1. The van der Waals surface area contributed by atoms with Crippen molar-refractivity contribution in [1.29, 1.82) is 0 Å². The van der Waals surface area contributed by atoms with Gasteiger partial charge in [-0.05, 0) is 91.8 Å². The van der Waals surface area contributed by atoms with Crippen LogP contribution in [0, 0.1) is 6.92 Å². The summed E-state index contributed by atoms with van der Waals surface area (Å²) in [5.41, 5.74) is 12.0. The molecule has 69 heavy (non-hydrogen) atoms. The average molecular weight is 970 g/mol. The van der Waals surface area contributed by atoms with Crippen LogP contribution in [-0.4, -0.2) is 47.3 Å². The van der Waals surface area contributed by atoms with Crippen molar-refractivity contribution in [2.24, 2.45) is 0 Å². The number of ether oxygens (including phenoxy) is 3. The standard InChI is InChI=1S/C58H55N3O4S.CH4.HPS/c1-41-24-26-43(27-25-41)40-65-48-33-30-46(53(38-48)64-3)39-61(36-34-42-28-31-47(63-2)32-29-42)56(62)58(51-22-12-10-20-49(51)50-21-11-13-23-52(50)58)35-14-15-37-66-57-59-54(44-16-6-4-7-17-44)55(60-57)45-18-8-5-9-19-45;;1-2/h4-13,16-33,38H,14-15,34-37,39-40H2,1-3H3,(H,59,60);1H4;1H. The van der Waals surface area contributed by atoms with Crippen molar-refractivity contribution in [1.82, 2.24) is 14.9 Å². The summed E-state index contributed by atoms with van der Waals surface area (Å²) in [7, 11) is 5.92. The van der Waals surface area contributed by atoms with Gasteiger partial charge < -0.3 is 24.1 Å². The van der Waals surface area contributed by atoms with Crippen LogP contribution >= 0.6 is 19.8 Å². The van der Waals surface area contributed by atoms with Gasteiger partial charge in [-0.25, -0.2) is 4.98 Å². The Hall–Kier alpha value is -6.51. The first-order chi connectivity index (χ1) is 33.4. The second-order valence-electron chi connectivity index (χ2n) is 16.9. The smallest absolute Gasteiger partial charge is 0.238 e. The van der Waals surface area contributed by atoms with Crippen LogP contribution in [0.15, 0.2) is 181 Å². The molecule has 7 nitrogen and oxygen atoms in total. The lowest BCUT2D eigenvalue weighted by Gasteiger charge is -2.37. The number of nitrogens with zero attached hydrogens (tertiary/aromatic N) is 2. The van der Waals surface area contributed by atoms with Crippen molar-refractivity contribution < 1.29 is 19.0 Å². The summed E-state index contributed by atoms with van der Waals surface area (Å²) < 4.78 is 17.7. The number of aryl methyl sites for hydroxylation is 1. The Morgan fingerprint density at radius 1 is 0.696 bits per heavy atom. The number of imidazole rings is 1. The molecule has 0 bridgehead atoms. The van der Waals surface area contributed by atoms with E-state index in [-0.39, 0.29) is 13.3 Å². The first-order valence-electron chi connectivity index (χ1n) is 22.9. The molecule has 0 fully saturated rings. The molecule has 0 aliphatic heterocycles. The molecule has 0 radical (unpaired) electrons. The third-order valence-corrected chi connectivity index (χ3v) is 13.6. The van der Waals surface area contributed by atoms with Gasteiger partial charge >= 0.3 is 0 Å². The van der Waals surface area contributed by atoms with E-state index < -0.39 is 5.41 Å². The third-order valence-electron chi connectivity index (χ3n) is 12.7. The molecule has 1 N–H and O–H groups in total. The van der Waals surface area contributed by atoms with Gasteiger partial charge in [-0.1, -0.05) is 189 Å². The molecular formula is C59H60N3O4PS2. The fraction of sp³-hybridized carbons (Fsp3) is 0.220. The number of aromatic nitrogens is 2. The fourth-order valence-corrected chi connectivity index (χ4v) is 10.1. The van der Waals surface area contributed by atoms with Crippen LogP contribution in [0.3, 0.4) is 0 Å². The summed E-state index contributed by atoms with van der Waals surface area (Å²) in [6, 6.07) is 60.2. The van der Waals surface area contributed by atoms with E-state index in [2.05, 4.69) is 170 Å². The molecular weight excluding hydrogens is 910 g/mol. The van der Waals surface area contributed by atoms with E-state index >= 15 is 4.79 Å². The van der Waals surface area contributed by atoms with Gasteiger partial charge in [0.2, 0.25) is 5.91 Å². The number of amides is 1. The molecule has 9 rings (SSSR count). The van der Waals surface area contributed by atoms with E-state index in [9.17, 15) is 0 Å². The molecule has 8 aromatic rings. The van der Waals surface area contributed by atoms with Gasteiger partial charge in [-0.15, -0.1) is 0 Å². The number of unbranched alkanes of at least 4 members (excludes halogenated alkanes) is 1. The fourth-order valence-electron chi connectivity index (χ4n) is 9.21. The number of H-pyrrole nitrogens is 1. The maximum absolute atomic E-state index is 16.1. The van der Waals surface area contributed by atoms with Gasteiger partial charge in [0, 0.05) is 41.6 Å². The van der Waals surface area contributed by atoms with Gasteiger partial charge in [0.25, 0.3) is 0 Å². The maximum Gasteiger partial charge on any atom is 0.238 e. The van der Waals surface area contributed by atoms with E-state index in [1.807, 2.05) is 42.5 Å². The second-order valence-corrected chi connectivity index (χ2v) is 18.0. The Morgan fingerprint density at radius 2 is 1.29 bits per heavy atom. The second kappa shape index (κ2) is 24.2. The van der Waals surface area contributed by atoms with E-state index in [1.54, 1.807) is 26.0 Å². The molecule has 0 saturated heterocycles. The SMILES string of the molecule is C.COc1ccc(CCN(Cc2ccc(OCc3ccc(C)cc3)cc2OC)C(=O)C2(CCCCSc3nc(-c4ccccc4)c(-c4ccccc4)[nH]3)c3ccccc3-c3ccccc32)cc1.P=S. The van der Waals surface area contributed by atoms with Crippen LogP contribution in [0.1, 0.15) is 60.1 Å². The van der Waals surface area contributed by atoms with E-state index in [1.165, 1.54) is 5.56 Å². The zero-order chi connectivity index (χ0) is 47.3. The number of benzene rings is 7. The van der Waals surface area contributed by atoms with E-state index in [0.29, 0.717) is 44.0 Å². The van der Waals surface area contributed by atoms with Crippen LogP contribution in [0.5, 0.6) is 17.2 Å². The van der Waals surface area contributed by atoms with Gasteiger partial charge in [0.15, 0.2) is 5.16 Å². The van der Waals surface area contributed by atoms with Gasteiger partial charge in [-0.3, -0.25) is 4.79 Å². The zero-order valence-corrected chi connectivity index (χ0v) is 41.4. The minimum absolute atomic E-state index is 0. The number of fused-ring (bicyclic) bond motifs is 3.